The van der Waals surface area contributed by atoms with E-state index in [0.717, 1.165) is 38.5 Å². The van der Waals surface area contributed by atoms with Crippen LogP contribution in [0.25, 0.3) is 0 Å². The van der Waals surface area contributed by atoms with Crippen molar-refractivity contribution in [2.24, 2.45) is 5.41 Å². The van der Waals surface area contributed by atoms with E-state index in [4.69, 9.17) is 0 Å². The highest BCUT2D eigenvalue weighted by Crippen LogP contribution is 2.29. The van der Waals surface area contributed by atoms with Gasteiger partial charge in [-0.25, -0.2) is 0 Å². The number of unbranched alkanes of at least 4 members (excludes halogenated alkanes) is 5. The van der Waals surface area contributed by atoms with E-state index >= 15 is 0 Å². The minimum atomic E-state index is -0.507. The first-order valence-electron chi connectivity index (χ1n) is 12.6. The zero-order chi connectivity index (χ0) is 24.3. The normalized spacial score (nSPS) is 11.9. The van der Waals surface area contributed by atoms with E-state index in [1.54, 1.807) is 6.92 Å². The Morgan fingerprint density at radius 2 is 1.00 bits per heavy atom. The van der Waals surface area contributed by atoms with Crippen LogP contribution in [-0.2, 0) is 4.79 Å². The van der Waals surface area contributed by atoms with Crippen molar-refractivity contribution in [2.75, 3.05) is 0 Å². The van der Waals surface area contributed by atoms with Gasteiger partial charge in [0.05, 0.1) is 11.2 Å². The molecule has 0 radical (unpaired) electrons. The van der Waals surface area contributed by atoms with Gasteiger partial charge in [0.1, 0.15) is 5.78 Å². The van der Waals surface area contributed by atoms with Crippen LogP contribution in [0.4, 0.5) is 0 Å². The van der Waals surface area contributed by atoms with Crippen LogP contribution >= 0.6 is 0 Å². The summed E-state index contributed by atoms with van der Waals surface area (Å²) in [4.78, 5) is 10.7. The SMILES string of the molecule is CC.CC(C)(O)CCCCCCCC(C)(C)O.CCCCC(C)(C)CCCC(C)=O. The highest BCUT2D eigenvalue weighted by atomic mass is 16.3. The lowest BCUT2D eigenvalue weighted by molar-refractivity contribution is -0.117. The number of aliphatic hydroxyl groups is 2. The van der Waals surface area contributed by atoms with Crippen molar-refractivity contribution in [3.63, 3.8) is 0 Å². The topological polar surface area (TPSA) is 57.5 Å². The predicted octanol–water partition coefficient (Wildman–Crippen LogP) is 8.25. The van der Waals surface area contributed by atoms with Crippen molar-refractivity contribution >= 4 is 5.78 Å². The van der Waals surface area contributed by atoms with Gasteiger partial charge in [-0.2, -0.15) is 0 Å². The van der Waals surface area contributed by atoms with Crippen molar-refractivity contribution in [3.05, 3.63) is 0 Å². The monoisotopic (exact) mass is 430 g/mol. The molecule has 0 heterocycles. The van der Waals surface area contributed by atoms with Gasteiger partial charge in [0.25, 0.3) is 0 Å². The number of carbonyl (C=O) groups is 1. The molecule has 0 atom stereocenters. The van der Waals surface area contributed by atoms with Gasteiger partial charge in [-0.05, 0) is 72.1 Å². The number of rotatable bonds is 15. The van der Waals surface area contributed by atoms with Crippen molar-refractivity contribution in [2.45, 2.75) is 164 Å². The average Bonchev–Trinajstić information content (AvgIpc) is 2.59. The molecule has 2 N–H and O–H groups in total. The summed E-state index contributed by atoms with van der Waals surface area (Å²) < 4.78 is 0. The van der Waals surface area contributed by atoms with E-state index in [1.807, 2.05) is 41.5 Å². The predicted molar refractivity (Wildman–Crippen MR) is 134 cm³/mol. The smallest absolute Gasteiger partial charge is 0.129 e. The quantitative estimate of drug-likeness (QED) is 0.257. The standard InChI is InChI=1S/C13H28O2.C12H24O.C2H6/c1-12(2,14)10-8-6-5-7-9-11-13(3,4)15;1-5-6-9-12(3,4)10-7-8-11(2)13;1-2/h14-15H,5-11H2,1-4H3;5-10H2,1-4H3;1-2H3. The van der Waals surface area contributed by atoms with E-state index in [9.17, 15) is 15.0 Å². The minimum absolute atomic E-state index is 0.325. The van der Waals surface area contributed by atoms with Crippen LogP contribution < -0.4 is 0 Å². The van der Waals surface area contributed by atoms with E-state index < -0.39 is 11.2 Å². The summed E-state index contributed by atoms with van der Waals surface area (Å²) in [5.41, 5.74) is -0.578. The molecule has 0 bridgehead atoms. The average molecular weight is 431 g/mol. The first-order chi connectivity index (χ1) is 13.7. The Kier molecular flexibility index (Phi) is 22.0. The molecule has 0 aromatic rings. The van der Waals surface area contributed by atoms with Crippen LogP contribution in [0.5, 0.6) is 0 Å². The number of hydrogen-bond acceptors (Lipinski definition) is 3. The van der Waals surface area contributed by atoms with Gasteiger partial charge in [-0.1, -0.05) is 79.6 Å². The number of Topliss-reactive ketones (excluding diaryl/α,β-unsaturated/α-hetero) is 1. The van der Waals surface area contributed by atoms with Crippen LogP contribution in [0.15, 0.2) is 0 Å². The van der Waals surface area contributed by atoms with Gasteiger partial charge < -0.3 is 15.0 Å². The number of hydrogen-bond donors (Lipinski definition) is 2. The Morgan fingerprint density at radius 3 is 1.33 bits per heavy atom. The Labute approximate surface area is 190 Å². The first-order valence-corrected chi connectivity index (χ1v) is 12.6. The molecular formula is C27H58O3. The summed E-state index contributed by atoms with van der Waals surface area (Å²) >= 11 is 0. The van der Waals surface area contributed by atoms with Gasteiger partial charge in [-0.3, -0.25) is 0 Å². The molecule has 0 fully saturated rings. The maximum Gasteiger partial charge on any atom is 0.129 e. The molecule has 0 spiro atoms. The van der Waals surface area contributed by atoms with Crippen molar-refractivity contribution < 1.29 is 15.0 Å². The Bertz CT molecular complexity index is 355. The summed E-state index contributed by atoms with van der Waals surface area (Å²) in [5, 5.41) is 19.0. The minimum Gasteiger partial charge on any atom is -0.390 e. The fourth-order valence-corrected chi connectivity index (χ4v) is 3.24. The summed E-state index contributed by atoms with van der Waals surface area (Å²) in [6.07, 6.45) is 14.5. The zero-order valence-electron chi connectivity index (χ0n) is 22.5. The van der Waals surface area contributed by atoms with Gasteiger partial charge in [0.2, 0.25) is 0 Å². The van der Waals surface area contributed by atoms with Gasteiger partial charge >= 0.3 is 0 Å². The van der Waals surface area contributed by atoms with E-state index in [2.05, 4.69) is 20.8 Å². The molecule has 0 aromatic carbocycles. The van der Waals surface area contributed by atoms with Gasteiger partial charge in [0.15, 0.2) is 0 Å². The lowest BCUT2D eigenvalue weighted by Crippen LogP contribution is -2.18. The third-order valence-corrected chi connectivity index (χ3v) is 5.17. The van der Waals surface area contributed by atoms with Crippen LogP contribution in [-0.4, -0.2) is 27.2 Å². The van der Waals surface area contributed by atoms with Crippen LogP contribution in [0.1, 0.15) is 153 Å². The fourth-order valence-electron chi connectivity index (χ4n) is 3.24. The molecule has 3 nitrogen and oxygen atoms in total. The molecule has 0 rings (SSSR count). The third-order valence-electron chi connectivity index (χ3n) is 5.17. The first kappa shape index (κ1) is 34.2. The summed E-state index contributed by atoms with van der Waals surface area (Å²) in [6, 6.07) is 0. The molecule has 0 saturated heterocycles. The second-order valence-electron chi connectivity index (χ2n) is 10.7. The van der Waals surface area contributed by atoms with Crippen molar-refractivity contribution in [1.29, 1.82) is 0 Å². The summed E-state index contributed by atoms with van der Waals surface area (Å²) in [6.45, 7) is 20.0. The number of carbonyl (C=O) groups excluding carboxylic acids is 1. The Hall–Kier alpha value is -0.410. The molecule has 0 amide bonds. The van der Waals surface area contributed by atoms with Crippen molar-refractivity contribution in [3.8, 4) is 0 Å². The zero-order valence-corrected chi connectivity index (χ0v) is 22.5. The molecule has 0 aromatic heterocycles. The fraction of sp³-hybridized carbons (Fsp3) is 0.963. The second kappa shape index (κ2) is 19.3. The van der Waals surface area contributed by atoms with E-state index in [-0.39, 0.29) is 0 Å². The highest BCUT2D eigenvalue weighted by molar-refractivity contribution is 5.75. The molecule has 0 aliphatic carbocycles. The maximum atomic E-state index is 10.7. The van der Waals surface area contributed by atoms with E-state index in [1.165, 1.54) is 44.9 Å². The lowest BCUT2D eigenvalue weighted by Gasteiger charge is -2.24. The van der Waals surface area contributed by atoms with Crippen LogP contribution in [0.2, 0.25) is 0 Å². The highest BCUT2D eigenvalue weighted by Gasteiger charge is 2.16. The Balaban J connectivity index is -0.000000452. The molecule has 0 unspecified atom stereocenters. The van der Waals surface area contributed by atoms with Crippen molar-refractivity contribution in [1.82, 2.24) is 0 Å². The molecular weight excluding hydrogens is 372 g/mol. The third kappa shape index (κ3) is 35.1. The largest absolute Gasteiger partial charge is 0.390 e. The lowest BCUT2D eigenvalue weighted by atomic mass is 9.82. The van der Waals surface area contributed by atoms with Crippen LogP contribution in [0.3, 0.4) is 0 Å². The second-order valence-corrected chi connectivity index (χ2v) is 10.7. The van der Waals surface area contributed by atoms with Gasteiger partial charge in [-0.15, -0.1) is 0 Å². The van der Waals surface area contributed by atoms with E-state index in [0.29, 0.717) is 11.2 Å². The number of ketones is 1. The summed E-state index contributed by atoms with van der Waals surface area (Å²) in [5.74, 6) is 0.325. The molecule has 0 aliphatic rings. The molecule has 184 valence electrons. The summed E-state index contributed by atoms with van der Waals surface area (Å²) in [7, 11) is 0. The molecule has 0 saturated carbocycles. The Morgan fingerprint density at radius 1 is 0.633 bits per heavy atom. The molecule has 0 aliphatic heterocycles. The van der Waals surface area contributed by atoms with Gasteiger partial charge in [0, 0.05) is 6.42 Å². The molecule has 30 heavy (non-hydrogen) atoms. The van der Waals surface area contributed by atoms with Crippen LogP contribution in [0, 0.1) is 5.41 Å². The maximum absolute atomic E-state index is 10.7. The molecule has 3 heteroatoms.